The fourth-order valence-electron chi connectivity index (χ4n) is 2.12. The first kappa shape index (κ1) is 18.3. The SMILES string of the molecule is CC[C@H](OC(N)=O)[C@@H](OCOC)C1=C(Cl)C(C)C(Cl)C=C1. The largest absolute Gasteiger partial charge is 0.443 e. The Labute approximate surface area is 135 Å². The third-order valence-electron chi connectivity index (χ3n) is 3.29. The second-order valence-electron chi connectivity index (χ2n) is 4.77. The summed E-state index contributed by atoms with van der Waals surface area (Å²) in [5, 5.41) is 0.409. The quantitative estimate of drug-likeness (QED) is 0.572. The van der Waals surface area contributed by atoms with E-state index in [1.165, 1.54) is 7.11 Å². The molecule has 2 N–H and O–H groups in total. The highest BCUT2D eigenvalue weighted by molar-refractivity contribution is 6.32. The van der Waals surface area contributed by atoms with Crippen LogP contribution in [0.1, 0.15) is 20.3 Å². The van der Waals surface area contributed by atoms with Crippen LogP contribution in [-0.4, -0.2) is 37.6 Å². The number of carbonyl (C=O) groups is 1. The van der Waals surface area contributed by atoms with Crippen LogP contribution >= 0.6 is 23.2 Å². The van der Waals surface area contributed by atoms with Gasteiger partial charge in [-0.3, -0.25) is 0 Å². The van der Waals surface area contributed by atoms with Crippen LogP contribution in [0.2, 0.25) is 0 Å². The molecule has 0 aromatic heterocycles. The molecule has 0 aliphatic heterocycles. The molecule has 2 unspecified atom stereocenters. The number of primary amides is 1. The van der Waals surface area contributed by atoms with E-state index in [2.05, 4.69) is 0 Å². The van der Waals surface area contributed by atoms with Gasteiger partial charge in [0.2, 0.25) is 0 Å². The van der Waals surface area contributed by atoms with E-state index in [4.69, 9.17) is 43.1 Å². The molecule has 1 amide bonds. The predicted molar refractivity (Wildman–Crippen MR) is 82.3 cm³/mol. The first-order chi connectivity index (χ1) is 9.92. The van der Waals surface area contributed by atoms with Crippen LogP contribution in [0.3, 0.4) is 0 Å². The number of allylic oxidation sites excluding steroid dienone is 2. The van der Waals surface area contributed by atoms with E-state index in [0.717, 1.165) is 5.57 Å². The number of hydrogen-bond acceptors (Lipinski definition) is 4. The molecule has 0 fully saturated rings. The van der Waals surface area contributed by atoms with E-state index < -0.39 is 18.3 Å². The number of nitrogens with two attached hydrogens (primary N) is 1. The summed E-state index contributed by atoms with van der Waals surface area (Å²) in [7, 11) is 1.51. The summed E-state index contributed by atoms with van der Waals surface area (Å²) in [5.41, 5.74) is 5.84. The average molecular weight is 338 g/mol. The second kappa shape index (κ2) is 8.63. The Balaban J connectivity index is 3.06. The van der Waals surface area contributed by atoms with Crippen molar-refractivity contribution in [3.8, 4) is 0 Å². The minimum atomic E-state index is -0.854. The van der Waals surface area contributed by atoms with Crippen LogP contribution in [0.15, 0.2) is 22.8 Å². The molecule has 0 heterocycles. The summed E-state index contributed by atoms with van der Waals surface area (Å²) in [4.78, 5) is 11.1. The van der Waals surface area contributed by atoms with Crippen LogP contribution < -0.4 is 5.73 Å². The van der Waals surface area contributed by atoms with E-state index in [1.807, 2.05) is 19.9 Å². The monoisotopic (exact) mass is 337 g/mol. The van der Waals surface area contributed by atoms with Crippen molar-refractivity contribution < 1.29 is 19.0 Å². The number of alkyl halides is 1. The minimum absolute atomic E-state index is 0.0451. The Morgan fingerprint density at radius 3 is 2.71 bits per heavy atom. The highest BCUT2D eigenvalue weighted by atomic mass is 35.5. The number of halogens is 2. The summed E-state index contributed by atoms with van der Waals surface area (Å²) in [6, 6.07) is 0. The van der Waals surface area contributed by atoms with Crippen LogP contribution in [0.25, 0.3) is 0 Å². The number of hydrogen-bond donors (Lipinski definition) is 1. The third-order valence-corrected chi connectivity index (χ3v) is 4.38. The van der Waals surface area contributed by atoms with E-state index in [-0.39, 0.29) is 18.1 Å². The number of ether oxygens (including phenoxy) is 3. The van der Waals surface area contributed by atoms with Crippen molar-refractivity contribution in [1.29, 1.82) is 0 Å². The topological polar surface area (TPSA) is 70.8 Å². The lowest BCUT2D eigenvalue weighted by atomic mass is 9.91. The number of carbonyl (C=O) groups excluding carboxylic acids is 1. The van der Waals surface area contributed by atoms with Gasteiger partial charge in [-0.2, -0.15) is 0 Å². The van der Waals surface area contributed by atoms with Gasteiger partial charge >= 0.3 is 6.09 Å². The third kappa shape index (κ3) is 4.88. The normalized spacial score (nSPS) is 24.8. The zero-order chi connectivity index (χ0) is 16.0. The Hall–Kier alpha value is -0.750. The van der Waals surface area contributed by atoms with E-state index in [1.54, 1.807) is 6.08 Å². The molecule has 1 aliphatic carbocycles. The molecule has 0 bridgehead atoms. The molecule has 21 heavy (non-hydrogen) atoms. The van der Waals surface area contributed by atoms with Crippen LogP contribution in [0.5, 0.6) is 0 Å². The zero-order valence-corrected chi connectivity index (χ0v) is 13.9. The van der Waals surface area contributed by atoms with Gasteiger partial charge in [0.15, 0.2) is 0 Å². The van der Waals surface area contributed by atoms with Crippen molar-refractivity contribution in [2.24, 2.45) is 11.7 Å². The maximum absolute atomic E-state index is 11.1. The highest BCUT2D eigenvalue weighted by Crippen LogP contribution is 2.35. The van der Waals surface area contributed by atoms with Crippen LogP contribution in [0, 0.1) is 5.92 Å². The van der Waals surface area contributed by atoms with Crippen LogP contribution in [-0.2, 0) is 14.2 Å². The van der Waals surface area contributed by atoms with Crippen LogP contribution in [0.4, 0.5) is 4.79 Å². The fourth-order valence-corrected chi connectivity index (χ4v) is 2.69. The highest BCUT2D eigenvalue weighted by Gasteiger charge is 2.32. The summed E-state index contributed by atoms with van der Waals surface area (Å²) in [6.45, 7) is 3.84. The Morgan fingerprint density at radius 2 is 2.19 bits per heavy atom. The molecule has 5 nitrogen and oxygen atoms in total. The lowest BCUT2D eigenvalue weighted by Gasteiger charge is -2.31. The molecule has 0 saturated heterocycles. The van der Waals surface area contributed by atoms with Gasteiger partial charge < -0.3 is 19.9 Å². The lowest BCUT2D eigenvalue weighted by molar-refractivity contribution is -0.0978. The van der Waals surface area contributed by atoms with Gasteiger partial charge in [-0.1, -0.05) is 37.6 Å². The lowest BCUT2D eigenvalue weighted by Crippen LogP contribution is -2.38. The molecule has 0 spiro atoms. The number of rotatable bonds is 7. The summed E-state index contributed by atoms with van der Waals surface area (Å²) in [5.74, 6) is -0.0481. The van der Waals surface area contributed by atoms with Gasteiger partial charge in [0.05, 0.1) is 5.38 Å². The van der Waals surface area contributed by atoms with Crippen molar-refractivity contribution in [3.05, 3.63) is 22.8 Å². The van der Waals surface area contributed by atoms with E-state index in [0.29, 0.717) is 11.5 Å². The Kier molecular flexibility index (Phi) is 7.52. The number of amides is 1. The van der Waals surface area contributed by atoms with E-state index >= 15 is 0 Å². The standard InChI is InChI=1S/C14H21Cl2NO4/c1-4-11(21-14(17)18)13(20-7-19-3)9-5-6-10(15)8(2)12(9)16/h5-6,8,10-11,13H,4,7H2,1-3H3,(H2,17,18)/t8?,10?,11-,13-/m0/s1. The summed E-state index contributed by atoms with van der Waals surface area (Å²) >= 11 is 12.5. The van der Waals surface area contributed by atoms with Crippen molar-refractivity contribution in [1.82, 2.24) is 0 Å². The predicted octanol–water partition coefficient (Wildman–Crippen LogP) is 3.16. The molecule has 0 saturated carbocycles. The van der Waals surface area contributed by atoms with Crippen molar-refractivity contribution in [2.75, 3.05) is 13.9 Å². The maximum Gasteiger partial charge on any atom is 0.404 e. The van der Waals surface area contributed by atoms with Crippen molar-refractivity contribution in [3.63, 3.8) is 0 Å². The zero-order valence-electron chi connectivity index (χ0n) is 12.3. The molecular formula is C14H21Cl2NO4. The molecule has 0 aromatic rings. The van der Waals surface area contributed by atoms with Crippen molar-refractivity contribution >= 4 is 29.3 Å². The molecular weight excluding hydrogens is 317 g/mol. The molecule has 4 atom stereocenters. The van der Waals surface area contributed by atoms with Gasteiger partial charge in [0.1, 0.15) is 19.0 Å². The van der Waals surface area contributed by atoms with E-state index in [9.17, 15) is 4.79 Å². The van der Waals surface area contributed by atoms with Gasteiger partial charge in [-0.05, 0) is 12.0 Å². The fraction of sp³-hybridized carbons (Fsp3) is 0.643. The smallest absolute Gasteiger partial charge is 0.404 e. The molecule has 7 heteroatoms. The molecule has 1 rings (SSSR count). The summed E-state index contributed by atoms with van der Waals surface area (Å²) in [6.07, 6.45) is 2.20. The van der Waals surface area contributed by atoms with Gasteiger partial charge in [0, 0.05) is 18.1 Å². The molecule has 120 valence electrons. The first-order valence-electron chi connectivity index (χ1n) is 6.70. The Bertz CT molecular complexity index is 425. The van der Waals surface area contributed by atoms with Gasteiger partial charge in [-0.15, -0.1) is 11.6 Å². The van der Waals surface area contributed by atoms with Gasteiger partial charge in [0.25, 0.3) is 0 Å². The van der Waals surface area contributed by atoms with Crippen molar-refractivity contribution in [2.45, 2.75) is 37.9 Å². The first-order valence-corrected chi connectivity index (χ1v) is 7.52. The molecule has 1 aliphatic rings. The molecule has 0 aromatic carbocycles. The number of methoxy groups -OCH3 is 1. The minimum Gasteiger partial charge on any atom is -0.443 e. The molecule has 0 radical (unpaired) electrons. The van der Waals surface area contributed by atoms with Gasteiger partial charge in [-0.25, -0.2) is 4.79 Å². The second-order valence-corrected chi connectivity index (χ2v) is 5.68. The Morgan fingerprint density at radius 1 is 1.52 bits per heavy atom. The average Bonchev–Trinajstić information content (AvgIpc) is 2.45. The summed E-state index contributed by atoms with van der Waals surface area (Å²) < 4.78 is 15.7. The maximum atomic E-state index is 11.1.